The number of nitrogens with zero attached hydrogens (tertiary/aromatic N) is 4. The Balaban J connectivity index is 1.54. The minimum atomic E-state index is -3.81. The van der Waals surface area contributed by atoms with E-state index >= 15 is 0 Å². The smallest absolute Gasteiger partial charge is 0.408 e. The Labute approximate surface area is 173 Å². The summed E-state index contributed by atoms with van der Waals surface area (Å²) in [4.78, 5) is 20.8. The topological polar surface area (TPSA) is 108 Å². The van der Waals surface area contributed by atoms with Crippen LogP contribution >= 0.6 is 0 Å². The summed E-state index contributed by atoms with van der Waals surface area (Å²) in [5.41, 5.74) is 1.84. The van der Waals surface area contributed by atoms with Crippen molar-refractivity contribution in [2.45, 2.75) is 36.7 Å². The van der Waals surface area contributed by atoms with Crippen LogP contribution in [0.15, 0.2) is 38.5 Å². The molecule has 0 aliphatic carbocycles. The number of benzene rings is 1. The highest BCUT2D eigenvalue weighted by Crippen LogP contribution is 2.40. The first-order valence-corrected chi connectivity index (χ1v) is 11.3. The first-order chi connectivity index (χ1) is 14.3. The van der Waals surface area contributed by atoms with Crippen molar-refractivity contribution in [3.05, 3.63) is 52.0 Å². The molecule has 1 spiro atoms. The molecule has 30 heavy (non-hydrogen) atoms. The number of hydrogen-bond donors (Lipinski definition) is 0. The molecule has 5 rings (SSSR count). The summed E-state index contributed by atoms with van der Waals surface area (Å²) in [5, 5.41) is 0. The second-order valence-electron chi connectivity index (χ2n) is 7.88. The number of fused-ring (bicyclic) bond motifs is 3. The standard InChI is InChI=1S/C20H22N4O5S/c1-13-21-11-14-6-9-28-20(18(14)22-13)7-3-8-24(12-20)30(26,27)15-4-5-16-17(10-15)29-19(25)23(16)2/h4-5,10-11H,3,6-9,12H2,1-2H3/t20-/m1/s1. The van der Waals surface area contributed by atoms with Crippen molar-refractivity contribution in [3.63, 3.8) is 0 Å². The normalized spacial score (nSPS) is 22.5. The molecule has 0 saturated carbocycles. The molecule has 0 bridgehead atoms. The van der Waals surface area contributed by atoms with E-state index in [1.165, 1.54) is 21.0 Å². The average molecular weight is 430 g/mol. The van der Waals surface area contributed by atoms with Gasteiger partial charge in [0.1, 0.15) is 11.4 Å². The number of rotatable bonds is 2. The number of aromatic nitrogens is 3. The third-order valence-corrected chi connectivity index (χ3v) is 7.83. The molecule has 3 aromatic rings. The van der Waals surface area contributed by atoms with Crippen LogP contribution < -0.4 is 5.76 Å². The van der Waals surface area contributed by atoms with E-state index in [9.17, 15) is 13.2 Å². The fraction of sp³-hybridized carbons (Fsp3) is 0.450. The van der Waals surface area contributed by atoms with E-state index in [1.807, 2.05) is 13.1 Å². The molecule has 0 unspecified atom stereocenters. The summed E-state index contributed by atoms with van der Waals surface area (Å²) < 4.78 is 41.0. The summed E-state index contributed by atoms with van der Waals surface area (Å²) in [7, 11) is -2.22. The maximum Gasteiger partial charge on any atom is 0.419 e. The first-order valence-electron chi connectivity index (χ1n) is 9.87. The van der Waals surface area contributed by atoms with Gasteiger partial charge < -0.3 is 9.15 Å². The number of piperidine rings is 1. The van der Waals surface area contributed by atoms with Gasteiger partial charge in [0.15, 0.2) is 5.58 Å². The van der Waals surface area contributed by atoms with E-state index < -0.39 is 21.4 Å². The molecule has 1 fully saturated rings. The van der Waals surface area contributed by atoms with Gasteiger partial charge in [-0.25, -0.2) is 23.2 Å². The summed E-state index contributed by atoms with van der Waals surface area (Å²) in [5.74, 6) is 0.113. The van der Waals surface area contributed by atoms with Gasteiger partial charge in [-0.3, -0.25) is 4.57 Å². The van der Waals surface area contributed by atoms with Crippen molar-refractivity contribution < 1.29 is 17.6 Å². The summed E-state index contributed by atoms with van der Waals surface area (Å²) in [6.07, 6.45) is 3.90. The molecule has 10 heteroatoms. The lowest BCUT2D eigenvalue weighted by Crippen LogP contribution is -2.52. The molecule has 1 atom stereocenters. The van der Waals surface area contributed by atoms with Gasteiger partial charge in [0, 0.05) is 32.4 Å². The molecule has 1 aromatic carbocycles. The number of hydrogen-bond acceptors (Lipinski definition) is 7. The molecule has 158 valence electrons. The molecule has 9 nitrogen and oxygen atoms in total. The molecule has 0 N–H and O–H groups in total. The molecule has 2 aliphatic rings. The lowest BCUT2D eigenvalue weighted by Gasteiger charge is -2.44. The van der Waals surface area contributed by atoms with Crippen LogP contribution in [0.2, 0.25) is 0 Å². The highest BCUT2D eigenvalue weighted by Gasteiger charge is 2.46. The molecular weight excluding hydrogens is 408 g/mol. The Morgan fingerprint density at radius 1 is 1.27 bits per heavy atom. The zero-order valence-electron chi connectivity index (χ0n) is 16.8. The van der Waals surface area contributed by atoms with Crippen LogP contribution in [0.4, 0.5) is 0 Å². The summed E-state index contributed by atoms with van der Waals surface area (Å²) in [6, 6.07) is 4.51. The Kier molecular flexibility index (Phi) is 4.35. The third-order valence-electron chi connectivity index (χ3n) is 5.99. The Morgan fingerprint density at radius 3 is 2.93 bits per heavy atom. The lowest BCUT2D eigenvalue weighted by molar-refractivity contribution is -0.0935. The quantitative estimate of drug-likeness (QED) is 0.606. The maximum absolute atomic E-state index is 13.4. The zero-order valence-corrected chi connectivity index (χ0v) is 17.6. The van der Waals surface area contributed by atoms with Gasteiger partial charge in [-0.2, -0.15) is 4.31 Å². The second kappa shape index (κ2) is 6.73. The van der Waals surface area contributed by atoms with Crippen LogP contribution in [0.1, 0.15) is 29.9 Å². The van der Waals surface area contributed by atoms with Gasteiger partial charge in [0.25, 0.3) is 0 Å². The van der Waals surface area contributed by atoms with Crippen LogP contribution in [0.3, 0.4) is 0 Å². The van der Waals surface area contributed by atoms with Crippen molar-refractivity contribution in [1.82, 2.24) is 18.8 Å². The van der Waals surface area contributed by atoms with E-state index in [0.717, 1.165) is 11.3 Å². The van der Waals surface area contributed by atoms with Gasteiger partial charge >= 0.3 is 5.76 Å². The maximum atomic E-state index is 13.4. The van der Waals surface area contributed by atoms with Crippen molar-refractivity contribution in [1.29, 1.82) is 0 Å². The molecule has 4 heterocycles. The molecule has 2 aromatic heterocycles. The van der Waals surface area contributed by atoms with Crippen molar-refractivity contribution in [2.75, 3.05) is 19.7 Å². The Bertz CT molecular complexity index is 1310. The van der Waals surface area contributed by atoms with E-state index in [4.69, 9.17) is 9.15 Å². The summed E-state index contributed by atoms with van der Waals surface area (Å²) in [6.45, 7) is 2.91. The molecule has 0 amide bonds. The summed E-state index contributed by atoms with van der Waals surface area (Å²) >= 11 is 0. The predicted molar refractivity (Wildman–Crippen MR) is 108 cm³/mol. The highest BCUT2D eigenvalue weighted by molar-refractivity contribution is 7.89. The largest absolute Gasteiger partial charge is 0.419 e. The highest BCUT2D eigenvalue weighted by atomic mass is 32.2. The number of sulfonamides is 1. The minimum absolute atomic E-state index is 0.0938. The van der Waals surface area contributed by atoms with Crippen LogP contribution in [0.25, 0.3) is 11.1 Å². The zero-order chi connectivity index (χ0) is 21.1. The van der Waals surface area contributed by atoms with Crippen LogP contribution in [-0.2, 0) is 33.8 Å². The first kappa shape index (κ1) is 19.4. The lowest BCUT2D eigenvalue weighted by atomic mass is 9.85. The third kappa shape index (κ3) is 2.90. The van der Waals surface area contributed by atoms with Crippen LogP contribution in [0.5, 0.6) is 0 Å². The Morgan fingerprint density at radius 2 is 2.10 bits per heavy atom. The number of ether oxygens (including phenoxy) is 1. The van der Waals surface area contributed by atoms with Crippen LogP contribution in [-0.4, -0.2) is 47.0 Å². The molecule has 1 saturated heterocycles. The molecule has 0 radical (unpaired) electrons. The Hall–Kier alpha value is -2.56. The van der Waals surface area contributed by atoms with E-state index in [2.05, 4.69) is 9.97 Å². The van der Waals surface area contributed by atoms with E-state index in [1.54, 1.807) is 13.1 Å². The van der Waals surface area contributed by atoms with Gasteiger partial charge in [0.2, 0.25) is 10.0 Å². The second-order valence-corrected chi connectivity index (χ2v) is 9.82. The van der Waals surface area contributed by atoms with Gasteiger partial charge in [-0.05, 0) is 43.9 Å². The molecule has 2 aliphatic heterocycles. The van der Waals surface area contributed by atoms with E-state index in [0.29, 0.717) is 43.8 Å². The SMILES string of the molecule is Cc1ncc2c(n1)[C@]1(CCCN(S(=O)(=O)c3ccc4c(c3)oc(=O)n4C)C1)OCC2. The molecular formula is C20H22N4O5S. The van der Waals surface area contributed by atoms with Crippen molar-refractivity contribution >= 4 is 21.1 Å². The van der Waals surface area contributed by atoms with Crippen molar-refractivity contribution in [3.8, 4) is 0 Å². The van der Waals surface area contributed by atoms with Gasteiger partial charge in [-0.1, -0.05) is 0 Å². The number of oxazole rings is 1. The fourth-order valence-corrected chi connectivity index (χ4v) is 5.96. The fourth-order valence-electron chi connectivity index (χ4n) is 4.42. The van der Waals surface area contributed by atoms with Crippen LogP contribution in [0, 0.1) is 6.92 Å². The predicted octanol–water partition coefficient (Wildman–Crippen LogP) is 1.48. The number of aryl methyl sites for hydroxylation is 2. The monoisotopic (exact) mass is 430 g/mol. The van der Waals surface area contributed by atoms with Crippen molar-refractivity contribution in [2.24, 2.45) is 7.05 Å². The minimum Gasteiger partial charge on any atom is -0.408 e. The van der Waals surface area contributed by atoms with Gasteiger partial charge in [0.05, 0.1) is 22.7 Å². The van der Waals surface area contributed by atoms with Gasteiger partial charge in [-0.15, -0.1) is 0 Å². The average Bonchev–Trinajstić information content (AvgIpc) is 3.02. The van der Waals surface area contributed by atoms with E-state index in [-0.39, 0.29) is 17.0 Å².